The Kier molecular flexibility index (Phi) is 1.58. The third-order valence-corrected chi connectivity index (χ3v) is 4.73. The lowest BCUT2D eigenvalue weighted by molar-refractivity contribution is 0.0399. The van der Waals surface area contributed by atoms with Gasteiger partial charge in [-0.2, -0.15) is 0 Å². The van der Waals surface area contributed by atoms with Crippen molar-refractivity contribution in [1.82, 2.24) is 4.90 Å². The van der Waals surface area contributed by atoms with Crippen LogP contribution in [0.4, 0.5) is 0 Å². The summed E-state index contributed by atoms with van der Waals surface area (Å²) in [5.41, 5.74) is 7.14. The minimum absolute atomic E-state index is 0.450. The second-order valence-electron chi connectivity index (χ2n) is 5.45. The van der Waals surface area contributed by atoms with E-state index in [1.165, 1.54) is 51.6 Å². The largest absolute Gasteiger partial charge is 0.329 e. The predicted molar refractivity (Wildman–Crippen MR) is 53.5 cm³/mol. The molecule has 2 N–H and O–H groups in total. The van der Waals surface area contributed by atoms with Gasteiger partial charge in [-0.05, 0) is 50.5 Å². The summed E-state index contributed by atoms with van der Waals surface area (Å²) < 4.78 is 0. The summed E-state index contributed by atoms with van der Waals surface area (Å²) >= 11 is 0. The highest BCUT2D eigenvalue weighted by Crippen LogP contribution is 2.55. The summed E-state index contributed by atoms with van der Waals surface area (Å²) in [5.74, 6) is 0. The lowest BCUT2D eigenvalue weighted by Gasteiger charge is -2.48. The van der Waals surface area contributed by atoms with Crippen LogP contribution in [0.2, 0.25) is 0 Å². The van der Waals surface area contributed by atoms with E-state index in [4.69, 9.17) is 5.73 Å². The van der Waals surface area contributed by atoms with E-state index in [1.807, 2.05) is 0 Å². The van der Waals surface area contributed by atoms with Crippen LogP contribution in [0.3, 0.4) is 0 Å². The molecule has 0 bridgehead atoms. The topological polar surface area (TPSA) is 29.3 Å². The van der Waals surface area contributed by atoms with Gasteiger partial charge in [-0.25, -0.2) is 0 Å². The van der Waals surface area contributed by atoms with Crippen molar-refractivity contribution in [3.05, 3.63) is 0 Å². The van der Waals surface area contributed by atoms with Gasteiger partial charge in [-0.1, -0.05) is 0 Å². The van der Waals surface area contributed by atoms with Gasteiger partial charge in [0, 0.05) is 18.6 Å². The Labute approximate surface area is 80.5 Å². The molecule has 2 aliphatic carbocycles. The molecule has 2 nitrogen and oxygen atoms in total. The number of likely N-dealkylation sites (tertiary alicyclic amines) is 1. The van der Waals surface area contributed by atoms with Crippen molar-refractivity contribution in [1.29, 1.82) is 0 Å². The van der Waals surface area contributed by atoms with Crippen molar-refractivity contribution >= 4 is 0 Å². The van der Waals surface area contributed by atoms with Crippen LogP contribution in [0.25, 0.3) is 0 Å². The third-order valence-electron chi connectivity index (χ3n) is 4.73. The number of rotatable bonds is 2. The Morgan fingerprint density at radius 1 is 1.08 bits per heavy atom. The monoisotopic (exact) mass is 180 g/mol. The Bertz CT molecular complexity index is 211. The van der Waals surface area contributed by atoms with Gasteiger partial charge in [0.1, 0.15) is 0 Å². The molecule has 3 aliphatic rings. The third kappa shape index (κ3) is 1.08. The van der Waals surface area contributed by atoms with Crippen molar-refractivity contribution < 1.29 is 0 Å². The molecule has 1 saturated heterocycles. The van der Waals surface area contributed by atoms with Gasteiger partial charge in [0.05, 0.1) is 0 Å². The first kappa shape index (κ1) is 8.25. The molecule has 0 atom stereocenters. The van der Waals surface area contributed by atoms with Crippen molar-refractivity contribution in [3.8, 4) is 0 Å². The van der Waals surface area contributed by atoms with Crippen LogP contribution in [0.5, 0.6) is 0 Å². The van der Waals surface area contributed by atoms with E-state index in [9.17, 15) is 0 Å². The van der Waals surface area contributed by atoms with Gasteiger partial charge in [0.2, 0.25) is 0 Å². The van der Waals surface area contributed by atoms with Crippen LogP contribution < -0.4 is 5.73 Å². The summed E-state index contributed by atoms with van der Waals surface area (Å²) in [5, 5.41) is 0. The lowest BCUT2D eigenvalue weighted by atomic mass is 9.75. The maximum absolute atomic E-state index is 5.92. The van der Waals surface area contributed by atoms with Gasteiger partial charge in [0.25, 0.3) is 0 Å². The van der Waals surface area contributed by atoms with E-state index in [0.717, 1.165) is 12.0 Å². The first-order chi connectivity index (χ1) is 6.29. The number of nitrogens with zero attached hydrogens (tertiary/aromatic N) is 1. The molecule has 0 unspecified atom stereocenters. The molecule has 0 radical (unpaired) electrons. The molecule has 0 aromatic carbocycles. The molecule has 0 amide bonds. The number of hydrogen-bond donors (Lipinski definition) is 1. The second kappa shape index (κ2) is 2.48. The van der Waals surface area contributed by atoms with Gasteiger partial charge in [0.15, 0.2) is 0 Å². The molecule has 0 aromatic rings. The van der Waals surface area contributed by atoms with Gasteiger partial charge < -0.3 is 5.73 Å². The summed E-state index contributed by atoms with van der Waals surface area (Å²) in [6.07, 6.45) is 8.56. The van der Waals surface area contributed by atoms with E-state index in [0.29, 0.717) is 5.54 Å². The zero-order valence-corrected chi connectivity index (χ0v) is 8.39. The van der Waals surface area contributed by atoms with Crippen LogP contribution in [0, 0.1) is 5.41 Å². The quantitative estimate of drug-likeness (QED) is 0.695. The fourth-order valence-corrected chi connectivity index (χ4v) is 3.16. The van der Waals surface area contributed by atoms with Crippen LogP contribution in [-0.2, 0) is 0 Å². The highest BCUT2D eigenvalue weighted by Gasteiger charge is 2.53. The molecule has 3 rings (SSSR count). The predicted octanol–water partition coefficient (Wildman–Crippen LogP) is 1.35. The van der Waals surface area contributed by atoms with Crippen molar-refractivity contribution in [2.24, 2.45) is 11.1 Å². The maximum Gasteiger partial charge on any atom is 0.0332 e. The number of hydrogen-bond acceptors (Lipinski definition) is 2. The average Bonchev–Trinajstić information content (AvgIpc) is 2.65. The van der Waals surface area contributed by atoms with Gasteiger partial charge in [-0.15, -0.1) is 0 Å². The normalized spacial score (nSPS) is 34.8. The van der Waals surface area contributed by atoms with E-state index in [-0.39, 0.29) is 0 Å². The summed E-state index contributed by atoms with van der Waals surface area (Å²) in [7, 11) is 0. The highest BCUT2D eigenvalue weighted by atomic mass is 15.3. The summed E-state index contributed by atoms with van der Waals surface area (Å²) in [6.45, 7) is 3.59. The SMILES string of the molecule is NCC1(N2CCC3(CC3)C2)CCC1. The fraction of sp³-hybridized carbons (Fsp3) is 1.00. The van der Waals surface area contributed by atoms with Crippen LogP contribution in [0.15, 0.2) is 0 Å². The molecule has 0 aromatic heterocycles. The fourth-order valence-electron chi connectivity index (χ4n) is 3.16. The smallest absolute Gasteiger partial charge is 0.0332 e. The maximum atomic E-state index is 5.92. The Balaban J connectivity index is 1.71. The second-order valence-corrected chi connectivity index (χ2v) is 5.45. The highest BCUT2D eigenvalue weighted by molar-refractivity contribution is 5.08. The summed E-state index contributed by atoms with van der Waals surface area (Å²) in [6, 6.07) is 0. The molecular weight excluding hydrogens is 160 g/mol. The first-order valence-corrected chi connectivity index (χ1v) is 5.74. The van der Waals surface area contributed by atoms with Gasteiger partial charge in [-0.3, -0.25) is 4.90 Å². The Hall–Kier alpha value is -0.0800. The van der Waals surface area contributed by atoms with Crippen molar-refractivity contribution in [2.45, 2.75) is 44.1 Å². The standard InChI is InChI=1S/C11H20N2/c12-8-11(2-1-3-11)13-7-6-10(9-13)4-5-10/h1-9,12H2. The van der Waals surface area contributed by atoms with Crippen LogP contribution >= 0.6 is 0 Å². The van der Waals surface area contributed by atoms with Gasteiger partial charge >= 0.3 is 0 Å². The molecule has 2 saturated carbocycles. The molecule has 1 heterocycles. The molecule has 13 heavy (non-hydrogen) atoms. The van der Waals surface area contributed by atoms with E-state index < -0.39 is 0 Å². The molecule has 2 heteroatoms. The van der Waals surface area contributed by atoms with Crippen LogP contribution in [-0.4, -0.2) is 30.1 Å². The lowest BCUT2D eigenvalue weighted by Crippen LogP contribution is -2.57. The van der Waals surface area contributed by atoms with Crippen molar-refractivity contribution in [2.75, 3.05) is 19.6 Å². The average molecular weight is 180 g/mol. The molecule has 1 aliphatic heterocycles. The molecule has 74 valence electrons. The van der Waals surface area contributed by atoms with E-state index in [1.54, 1.807) is 0 Å². The minimum Gasteiger partial charge on any atom is -0.329 e. The zero-order chi connectivity index (χ0) is 8.94. The zero-order valence-electron chi connectivity index (χ0n) is 8.39. The van der Waals surface area contributed by atoms with E-state index >= 15 is 0 Å². The summed E-state index contributed by atoms with van der Waals surface area (Å²) in [4.78, 5) is 2.71. The van der Waals surface area contributed by atoms with Crippen molar-refractivity contribution in [3.63, 3.8) is 0 Å². The molecular formula is C11H20N2. The van der Waals surface area contributed by atoms with E-state index in [2.05, 4.69) is 4.90 Å². The molecule has 3 fully saturated rings. The minimum atomic E-state index is 0.450. The number of nitrogens with two attached hydrogens (primary N) is 1. The Morgan fingerprint density at radius 2 is 1.85 bits per heavy atom. The van der Waals surface area contributed by atoms with Crippen LogP contribution in [0.1, 0.15) is 38.5 Å². The Morgan fingerprint density at radius 3 is 2.23 bits per heavy atom. The first-order valence-electron chi connectivity index (χ1n) is 5.74. The molecule has 1 spiro atoms.